The van der Waals surface area contributed by atoms with E-state index in [4.69, 9.17) is 10.5 Å². The highest BCUT2D eigenvalue weighted by molar-refractivity contribution is 9.10. The van der Waals surface area contributed by atoms with Gasteiger partial charge in [-0.25, -0.2) is 0 Å². The van der Waals surface area contributed by atoms with Crippen molar-refractivity contribution in [2.24, 2.45) is 5.73 Å². The maximum atomic E-state index is 6.04. The second kappa shape index (κ2) is 3.91. The molecule has 14 heavy (non-hydrogen) atoms. The van der Waals surface area contributed by atoms with Gasteiger partial charge in [-0.05, 0) is 24.1 Å². The first kappa shape index (κ1) is 9.99. The molecular weight excluding hydrogens is 242 g/mol. The van der Waals surface area contributed by atoms with Crippen molar-refractivity contribution in [1.82, 2.24) is 0 Å². The van der Waals surface area contributed by atoms with Gasteiger partial charge in [0, 0.05) is 22.5 Å². The molecule has 1 atom stereocenters. The highest BCUT2D eigenvalue weighted by Crippen LogP contribution is 2.36. The lowest BCUT2D eigenvalue weighted by Crippen LogP contribution is -2.10. The average molecular weight is 256 g/mol. The summed E-state index contributed by atoms with van der Waals surface area (Å²) in [5.74, 6) is 1.02. The molecule has 76 valence electrons. The number of hydrogen-bond donors (Lipinski definition) is 1. The van der Waals surface area contributed by atoms with E-state index >= 15 is 0 Å². The maximum Gasteiger partial charge on any atom is 0.127 e. The summed E-state index contributed by atoms with van der Waals surface area (Å²) in [5.41, 5.74) is 8.45. The van der Waals surface area contributed by atoms with Crippen LogP contribution in [0.25, 0.3) is 0 Å². The summed E-state index contributed by atoms with van der Waals surface area (Å²) in [6.45, 7) is 2.88. The topological polar surface area (TPSA) is 35.2 Å². The van der Waals surface area contributed by atoms with Crippen LogP contribution in [-0.4, -0.2) is 6.61 Å². The first-order valence-corrected chi connectivity index (χ1v) is 5.72. The van der Waals surface area contributed by atoms with Crippen LogP contribution >= 0.6 is 15.9 Å². The summed E-state index contributed by atoms with van der Waals surface area (Å²) >= 11 is 3.50. The SMILES string of the molecule is CCC(N)c1cc(Br)cc2c1OCC2. The molecule has 0 aromatic heterocycles. The summed E-state index contributed by atoms with van der Waals surface area (Å²) in [4.78, 5) is 0. The second-order valence-corrected chi connectivity index (χ2v) is 4.51. The lowest BCUT2D eigenvalue weighted by Gasteiger charge is -2.14. The minimum Gasteiger partial charge on any atom is -0.493 e. The summed E-state index contributed by atoms with van der Waals surface area (Å²) in [5, 5.41) is 0. The molecule has 0 radical (unpaired) electrons. The second-order valence-electron chi connectivity index (χ2n) is 3.60. The third-order valence-electron chi connectivity index (χ3n) is 2.62. The van der Waals surface area contributed by atoms with Crippen LogP contribution in [0.5, 0.6) is 5.75 Å². The highest BCUT2D eigenvalue weighted by Gasteiger charge is 2.20. The van der Waals surface area contributed by atoms with Crippen LogP contribution in [0, 0.1) is 0 Å². The molecule has 0 spiro atoms. The van der Waals surface area contributed by atoms with Crippen molar-refractivity contribution in [2.45, 2.75) is 25.8 Å². The number of hydrogen-bond acceptors (Lipinski definition) is 2. The predicted molar refractivity (Wildman–Crippen MR) is 60.6 cm³/mol. The fourth-order valence-electron chi connectivity index (χ4n) is 1.79. The Bertz CT molecular complexity index is 351. The monoisotopic (exact) mass is 255 g/mol. The van der Waals surface area contributed by atoms with Gasteiger partial charge in [-0.15, -0.1) is 0 Å². The molecule has 0 saturated carbocycles. The molecule has 1 aromatic rings. The van der Waals surface area contributed by atoms with Gasteiger partial charge in [0.2, 0.25) is 0 Å². The Labute approximate surface area is 92.6 Å². The van der Waals surface area contributed by atoms with E-state index in [1.807, 2.05) is 0 Å². The summed E-state index contributed by atoms with van der Waals surface area (Å²) in [6.07, 6.45) is 1.93. The Morgan fingerprint density at radius 2 is 2.36 bits per heavy atom. The molecule has 1 aliphatic heterocycles. The number of fused-ring (bicyclic) bond motifs is 1. The zero-order chi connectivity index (χ0) is 10.1. The van der Waals surface area contributed by atoms with Crippen LogP contribution in [0.15, 0.2) is 16.6 Å². The van der Waals surface area contributed by atoms with E-state index < -0.39 is 0 Å². The van der Waals surface area contributed by atoms with E-state index in [0.29, 0.717) is 0 Å². The van der Waals surface area contributed by atoms with E-state index in [0.717, 1.165) is 35.2 Å². The normalized spacial score (nSPS) is 16.2. The standard InChI is InChI=1S/C11H14BrNO/c1-2-10(13)9-6-8(12)5-7-3-4-14-11(7)9/h5-6,10H,2-4,13H2,1H3. The largest absolute Gasteiger partial charge is 0.493 e. The van der Waals surface area contributed by atoms with Crippen molar-refractivity contribution in [1.29, 1.82) is 0 Å². The Hall–Kier alpha value is -0.540. The summed E-state index contributed by atoms with van der Waals surface area (Å²) in [7, 11) is 0. The van der Waals surface area contributed by atoms with Gasteiger partial charge in [-0.2, -0.15) is 0 Å². The number of rotatable bonds is 2. The minimum absolute atomic E-state index is 0.0827. The number of nitrogens with two attached hydrogens (primary N) is 1. The molecule has 0 fully saturated rings. The van der Waals surface area contributed by atoms with Crippen molar-refractivity contribution >= 4 is 15.9 Å². The van der Waals surface area contributed by atoms with Gasteiger partial charge in [0.05, 0.1) is 6.61 Å². The smallest absolute Gasteiger partial charge is 0.127 e. The van der Waals surface area contributed by atoms with Crippen LogP contribution in [0.4, 0.5) is 0 Å². The van der Waals surface area contributed by atoms with Crippen molar-refractivity contribution in [3.63, 3.8) is 0 Å². The number of benzene rings is 1. The van der Waals surface area contributed by atoms with Crippen LogP contribution < -0.4 is 10.5 Å². The van der Waals surface area contributed by atoms with Crippen molar-refractivity contribution in [2.75, 3.05) is 6.61 Å². The molecular formula is C11H14BrNO. The highest BCUT2D eigenvalue weighted by atomic mass is 79.9. The predicted octanol–water partition coefficient (Wildman–Crippen LogP) is 2.79. The molecule has 2 nitrogen and oxygen atoms in total. The molecule has 0 aliphatic carbocycles. The number of ether oxygens (including phenoxy) is 1. The van der Waals surface area contributed by atoms with Gasteiger partial charge in [-0.3, -0.25) is 0 Å². The maximum absolute atomic E-state index is 6.04. The van der Waals surface area contributed by atoms with Crippen molar-refractivity contribution < 1.29 is 4.74 Å². The molecule has 1 unspecified atom stereocenters. The molecule has 1 heterocycles. The fraction of sp³-hybridized carbons (Fsp3) is 0.455. The quantitative estimate of drug-likeness (QED) is 0.883. The van der Waals surface area contributed by atoms with Crippen LogP contribution in [-0.2, 0) is 6.42 Å². The third-order valence-corrected chi connectivity index (χ3v) is 3.07. The molecule has 1 aliphatic rings. The lowest BCUT2D eigenvalue weighted by atomic mass is 10.0. The molecule has 3 heteroatoms. The van der Waals surface area contributed by atoms with E-state index in [1.165, 1.54) is 5.56 Å². The minimum atomic E-state index is 0.0827. The molecule has 2 N–H and O–H groups in total. The van der Waals surface area contributed by atoms with Gasteiger partial charge in [0.1, 0.15) is 5.75 Å². The first-order valence-electron chi connectivity index (χ1n) is 4.93. The first-order chi connectivity index (χ1) is 6.72. The van der Waals surface area contributed by atoms with Gasteiger partial charge in [-0.1, -0.05) is 22.9 Å². The summed E-state index contributed by atoms with van der Waals surface area (Å²) in [6, 6.07) is 4.27. The van der Waals surface area contributed by atoms with Crippen LogP contribution in [0.2, 0.25) is 0 Å². The Morgan fingerprint density at radius 1 is 1.57 bits per heavy atom. The zero-order valence-electron chi connectivity index (χ0n) is 8.22. The number of halogens is 1. The van der Waals surface area contributed by atoms with E-state index in [-0.39, 0.29) is 6.04 Å². The zero-order valence-corrected chi connectivity index (χ0v) is 9.80. The molecule has 1 aromatic carbocycles. The van der Waals surface area contributed by atoms with Crippen LogP contribution in [0.3, 0.4) is 0 Å². The van der Waals surface area contributed by atoms with Crippen LogP contribution in [0.1, 0.15) is 30.5 Å². The fourth-order valence-corrected chi connectivity index (χ4v) is 2.32. The van der Waals surface area contributed by atoms with E-state index in [1.54, 1.807) is 0 Å². The molecule has 0 saturated heterocycles. The lowest BCUT2D eigenvalue weighted by molar-refractivity contribution is 0.351. The van der Waals surface area contributed by atoms with Gasteiger partial charge in [0.15, 0.2) is 0 Å². The Balaban J connectivity index is 2.48. The van der Waals surface area contributed by atoms with Gasteiger partial charge in [0.25, 0.3) is 0 Å². The molecule has 0 bridgehead atoms. The molecule has 2 rings (SSSR count). The summed E-state index contributed by atoms with van der Waals surface area (Å²) < 4.78 is 6.70. The Morgan fingerprint density at radius 3 is 3.07 bits per heavy atom. The van der Waals surface area contributed by atoms with E-state index in [2.05, 4.69) is 35.0 Å². The average Bonchev–Trinajstić information content (AvgIpc) is 2.62. The van der Waals surface area contributed by atoms with Gasteiger partial charge >= 0.3 is 0 Å². The van der Waals surface area contributed by atoms with Gasteiger partial charge < -0.3 is 10.5 Å². The van der Waals surface area contributed by atoms with E-state index in [9.17, 15) is 0 Å². The van der Waals surface area contributed by atoms with Crippen molar-refractivity contribution in [3.8, 4) is 5.75 Å². The Kier molecular flexibility index (Phi) is 2.79. The third kappa shape index (κ3) is 1.66. The van der Waals surface area contributed by atoms with Crippen molar-refractivity contribution in [3.05, 3.63) is 27.7 Å². The molecule has 0 amide bonds.